The first-order valence-corrected chi connectivity index (χ1v) is 7.64. The summed E-state index contributed by atoms with van der Waals surface area (Å²) in [5.74, 6) is 0.212. The van der Waals surface area contributed by atoms with Gasteiger partial charge in [-0.15, -0.1) is 0 Å². The number of hydrogen-bond acceptors (Lipinski definition) is 3. The van der Waals surface area contributed by atoms with Crippen LogP contribution in [0.2, 0.25) is 0 Å². The Labute approximate surface area is 130 Å². The van der Waals surface area contributed by atoms with Crippen LogP contribution in [0.3, 0.4) is 0 Å². The lowest BCUT2D eigenvalue weighted by molar-refractivity contribution is -0.130. The predicted molar refractivity (Wildman–Crippen MR) is 87.1 cm³/mol. The third-order valence-corrected chi connectivity index (χ3v) is 4.32. The predicted octanol–water partition coefficient (Wildman–Crippen LogP) is 2.48. The number of amides is 1. The third-order valence-electron chi connectivity index (χ3n) is 4.32. The van der Waals surface area contributed by atoms with Gasteiger partial charge in [-0.05, 0) is 36.1 Å². The van der Waals surface area contributed by atoms with Crippen LogP contribution < -0.4 is 0 Å². The van der Waals surface area contributed by atoms with Gasteiger partial charge in [0, 0.05) is 30.7 Å². The third kappa shape index (κ3) is 3.02. The molecule has 0 radical (unpaired) electrons. The maximum absolute atomic E-state index is 12.3. The van der Waals surface area contributed by atoms with Gasteiger partial charge in [-0.1, -0.05) is 25.1 Å². The summed E-state index contributed by atoms with van der Waals surface area (Å²) in [6, 6.07) is 9.77. The van der Waals surface area contributed by atoms with Crippen LogP contribution in [0.5, 0.6) is 0 Å². The number of rotatable bonds is 2. The first-order valence-electron chi connectivity index (χ1n) is 7.64. The summed E-state index contributed by atoms with van der Waals surface area (Å²) in [6.45, 7) is 3.14. The lowest BCUT2D eigenvalue weighted by atomic mass is 9.96. The lowest BCUT2D eigenvalue weighted by Crippen LogP contribution is -2.45. The van der Waals surface area contributed by atoms with Crippen LogP contribution in [0.15, 0.2) is 42.6 Å². The highest BCUT2D eigenvalue weighted by atomic mass is 16.3. The fraction of sp³-hybridized carbons (Fsp3) is 0.333. The number of fused-ring (bicyclic) bond motifs is 1. The fourth-order valence-electron chi connectivity index (χ4n) is 2.78. The van der Waals surface area contributed by atoms with Gasteiger partial charge in [0.1, 0.15) is 0 Å². The number of aromatic nitrogens is 1. The monoisotopic (exact) mass is 296 g/mol. The summed E-state index contributed by atoms with van der Waals surface area (Å²) in [7, 11) is 0. The highest BCUT2D eigenvalue weighted by Gasteiger charge is 2.26. The van der Waals surface area contributed by atoms with E-state index in [0.29, 0.717) is 13.1 Å². The molecule has 2 unspecified atom stereocenters. The van der Waals surface area contributed by atoms with E-state index in [1.54, 1.807) is 17.2 Å². The largest absolute Gasteiger partial charge is 0.391 e. The number of likely N-dealkylation sites (tertiary alicyclic amines) is 1. The number of β-amino-alcohol motifs (C(OH)–C–C–N with tert-alkyl or cyclic N) is 1. The number of hydrogen-bond donors (Lipinski definition) is 1. The molecule has 2 atom stereocenters. The zero-order chi connectivity index (χ0) is 15.5. The Kier molecular flexibility index (Phi) is 4.20. The molecule has 3 rings (SSSR count). The van der Waals surface area contributed by atoms with Gasteiger partial charge in [-0.2, -0.15) is 0 Å². The molecule has 0 aliphatic carbocycles. The van der Waals surface area contributed by atoms with Gasteiger partial charge in [0.15, 0.2) is 0 Å². The Bertz CT molecular complexity index is 706. The van der Waals surface area contributed by atoms with Crippen LogP contribution in [0, 0.1) is 5.92 Å². The first kappa shape index (κ1) is 14.7. The van der Waals surface area contributed by atoms with Gasteiger partial charge in [-0.3, -0.25) is 9.78 Å². The van der Waals surface area contributed by atoms with Crippen molar-refractivity contribution in [3.8, 4) is 0 Å². The van der Waals surface area contributed by atoms with Crippen LogP contribution in [-0.2, 0) is 4.79 Å². The van der Waals surface area contributed by atoms with Crippen molar-refractivity contribution in [2.75, 3.05) is 13.1 Å². The highest BCUT2D eigenvalue weighted by Crippen LogP contribution is 2.19. The van der Waals surface area contributed by atoms with Crippen molar-refractivity contribution in [1.82, 2.24) is 9.88 Å². The maximum atomic E-state index is 12.3. The smallest absolute Gasteiger partial charge is 0.246 e. The highest BCUT2D eigenvalue weighted by molar-refractivity contribution is 5.95. The first-order chi connectivity index (χ1) is 10.6. The Balaban J connectivity index is 1.77. The standard InChI is InChI=1S/C18H20N2O2/c1-13-9-11-20(12-17(13)21)18(22)7-6-14-8-10-19-16-5-3-2-4-15(14)16/h2-8,10,13,17,21H,9,11-12H2,1H3/b7-6+. The summed E-state index contributed by atoms with van der Waals surface area (Å²) in [6.07, 6.45) is 5.59. The molecule has 0 spiro atoms. The van der Waals surface area contributed by atoms with Crippen molar-refractivity contribution in [2.45, 2.75) is 19.4 Å². The number of piperidine rings is 1. The Morgan fingerprint density at radius 3 is 3.00 bits per heavy atom. The van der Waals surface area contributed by atoms with E-state index in [9.17, 15) is 9.90 Å². The molecule has 4 heteroatoms. The normalized spacial score (nSPS) is 22.4. The number of aliphatic hydroxyl groups is 1. The molecule has 2 aromatic rings. The van der Waals surface area contributed by atoms with E-state index in [-0.39, 0.29) is 11.8 Å². The molecule has 1 aromatic carbocycles. The SMILES string of the molecule is CC1CCN(C(=O)/C=C/c2ccnc3ccccc23)CC1O. The zero-order valence-electron chi connectivity index (χ0n) is 12.6. The second-order valence-electron chi connectivity index (χ2n) is 5.87. The Hall–Kier alpha value is -2.20. The van der Waals surface area contributed by atoms with E-state index in [1.165, 1.54) is 0 Å². The second kappa shape index (κ2) is 6.28. The van der Waals surface area contributed by atoms with Crippen molar-refractivity contribution in [2.24, 2.45) is 5.92 Å². The van der Waals surface area contributed by atoms with Crippen molar-refractivity contribution in [1.29, 1.82) is 0 Å². The zero-order valence-corrected chi connectivity index (χ0v) is 12.6. The molecule has 22 heavy (non-hydrogen) atoms. The molecule has 1 N–H and O–H groups in total. The van der Waals surface area contributed by atoms with Crippen LogP contribution in [0.25, 0.3) is 17.0 Å². The Morgan fingerprint density at radius 1 is 1.36 bits per heavy atom. The summed E-state index contributed by atoms with van der Waals surface area (Å²) >= 11 is 0. The summed E-state index contributed by atoms with van der Waals surface area (Å²) in [5.41, 5.74) is 1.89. The average molecular weight is 296 g/mol. The van der Waals surface area contributed by atoms with Crippen molar-refractivity contribution >= 4 is 22.9 Å². The van der Waals surface area contributed by atoms with E-state index >= 15 is 0 Å². The molecule has 1 aliphatic rings. The maximum Gasteiger partial charge on any atom is 0.246 e. The summed E-state index contributed by atoms with van der Waals surface area (Å²) < 4.78 is 0. The number of pyridine rings is 1. The molecule has 1 amide bonds. The minimum atomic E-state index is -0.423. The summed E-state index contributed by atoms with van der Waals surface area (Å²) in [5, 5.41) is 10.9. The van der Waals surface area contributed by atoms with E-state index in [1.807, 2.05) is 43.3 Å². The topological polar surface area (TPSA) is 53.4 Å². The van der Waals surface area contributed by atoms with Gasteiger partial charge in [0.2, 0.25) is 5.91 Å². The average Bonchev–Trinajstić information content (AvgIpc) is 2.55. The molecule has 1 saturated heterocycles. The van der Waals surface area contributed by atoms with Gasteiger partial charge >= 0.3 is 0 Å². The lowest BCUT2D eigenvalue weighted by Gasteiger charge is -2.33. The van der Waals surface area contributed by atoms with E-state index in [4.69, 9.17) is 0 Å². The van der Waals surface area contributed by atoms with Crippen molar-refractivity contribution < 1.29 is 9.90 Å². The second-order valence-corrected chi connectivity index (χ2v) is 5.87. The van der Waals surface area contributed by atoms with Crippen LogP contribution in [0.1, 0.15) is 18.9 Å². The van der Waals surface area contributed by atoms with Crippen LogP contribution >= 0.6 is 0 Å². The molecular weight excluding hydrogens is 276 g/mol. The van der Waals surface area contributed by atoms with Gasteiger partial charge < -0.3 is 10.0 Å². The van der Waals surface area contributed by atoms with E-state index in [2.05, 4.69) is 4.98 Å². The quantitative estimate of drug-likeness (QED) is 0.866. The minimum Gasteiger partial charge on any atom is -0.391 e. The van der Waals surface area contributed by atoms with Gasteiger partial charge in [-0.25, -0.2) is 0 Å². The number of para-hydroxylation sites is 1. The number of benzene rings is 1. The van der Waals surface area contributed by atoms with Crippen LogP contribution in [0.4, 0.5) is 0 Å². The van der Waals surface area contributed by atoms with E-state index < -0.39 is 6.10 Å². The number of nitrogens with zero attached hydrogens (tertiary/aromatic N) is 2. The Morgan fingerprint density at radius 2 is 2.18 bits per heavy atom. The molecule has 0 bridgehead atoms. The minimum absolute atomic E-state index is 0.0492. The van der Waals surface area contributed by atoms with Crippen molar-refractivity contribution in [3.05, 3.63) is 48.2 Å². The molecule has 2 heterocycles. The number of aliphatic hydroxyl groups excluding tert-OH is 1. The number of carbonyl (C=O) groups is 1. The summed E-state index contributed by atoms with van der Waals surface area (Å²) in [4.78, 5) is 18.3. The molecule has 1 aromatic heterocycles. The number of carbonyl (C=O) groups excluding carboxylic acids is 1. The molecule has 0 saturated carbocycles. The van der Waals surface area contributed by atoms with E-state index in [0.717, 1.165) is 22.9 Å². The van der Waals surface area contributed by atoms with Gasteiger partial charge in [0.05, 0.1) is 11.6 Å². The van der Waals surface area contributed by atoms with Crippen LogP contribution in [-0.4, -0.2) is 40.1 Å². The van der Waals surface area contributed by atoms with Crippen molar-refractivity contribution in [3.63, 3.8) is 0 Å². The fourth-order valence-corrected chi connectivity index (χ4v) is 2.78. The molecular formula is C18H20N2O2. The molecule has 4 nitrogen and oxygen atoms in total. The molecule has 114 valence electrons. The van der Waals surface area contributed by atoms with Gasteiger partial charge in [0.25, 0.3) is 0 Å². The molecule has 1 fully saturated rings. The molecule has 1 aliphatic heterocycles.